The van der Waals surface area contributed by atoms with Crippen molar-refractivity contribution in [2.24, 2.45) is 0 Å². The first-order valence-corrected chi connectivity index (χ1v) is 6.14. The van der Waals surface area contributed by atoms with Crippen LogP contribution in [0.2, 0.25) is 0 Å². The molecule has 0 saturated heterocycles. The Kier molecular flexibility index (Phi) is 3.05. The number of methoxy groups -OCH3 is 1. The van der Waals surface area contributed by atoms with Crippen LogP contribution in [0.3, 0.4) is 0 Å². The topological polar surface area (TPSA) is 35.5 Å². The highest BCUT2D eigenvalue weighted by molar-refractivity contribution is 5.69. The standard InChI is InChI=1S/C21H42O3/c1-3-4-5-6-7-8-9-10-11-12-13-14-15-16-17-18-21(22)24-20-19-23-2/h3-20H2,1-2H3/i1D3,3D2,4D2,5D2,6D2,7D2,8D2,9D2,10D2,11D2,12D2,13D2,14D2,15D2,16D2,17D2,18D2. The molecule has 0 heterocycles. The molecule has 0 radical (unpaired) electrons. The molecule has 3 heteroatoms. The normalized spacial score (nSPS) is 42.6. The van der Waals surface area contributed by atoms with Crippen molar-refractivity contribution in [1.29, 1.82) is 0 Å². The Balaban J connectivity index is 7.75. The first kappa shape index (κ1) is 3.57. The smallest absolute Gasteiger partial charge is 0.305 e. The third kappa shape index (κ3) is 19.5. The molecule has 0 unspecified atom stereocenters. The summed E-state index contributed by atoms with van der Waals surface area (Å²) in [5, 5.41) is 0. The van der Waals surface area contributed by atoms with E-state index >= 15 is 0 Å². The lowest BCUT2D eigenvalue weighted by Gasteiger charge is -2.04. The van der Waals surface area contributed by atoms with Gasteiger partial charge in [0.05, 0.1) is 6.61 Å². The molecule has 0 rings (SSSR count). The lowest BCUT2D eigenvalue weighted by atomic mass is 10.0. The van der Waals surface area contributed by atoms with Crippen molar-refractivity contribution in [3.63, 3.8) is 0 Å². The zero-order valence-electron chi connectivity index (χ0n) is 47.6. The van der Waals surface area contributed by atoms with Crippen LogP contribution >= 0.6 is 0 Å². The van der Waals surface area contributed by atoms with Gasteiger partial charge in [-0.15, -0.1) is 0 Å². The Hall–Kier alpha value is -0.570. The zero-order chi connectivity index (χ0) is 48.9. The second kappa shape index (κ2) is 20.5. The Morgan fingerprint density at radius 2 is 1.21 bits per heavy atom. The van der Waals surface area contributed by atoms with Gasteiger partial charge in [-0.05, 0) is 6.37 Å². The monoisotopic (exact) mass is 378 g/mol. The Morgan fingerprint density at radius 3 is 1.67 bits per heavy atom. The molecule has 0 saturated carbocycles. The molecule has 0 N–H and O–H groups in total. The number of carbonyl (C=O) groups is 1. The first-order chi connectivity index (χ1) is 25.0. The molecule has 0 aromatic rings. The van der Waals surface area contributed by atoms with E-state index in [4.69, 9.17) is 48.0 Å². The van der Waals surface area contributed by atoms with Crippen LogP contribution in [-0.4, -0.2) is 26.3 Å². The van der Waals surface area contributed by atoms with Gasteiger partial charge in [0.25, 0.3) is 0 Å². The van der Waals surface area contributed by atoms with Crippen molar-refractivity contribution in [2.45, 2.75) is 109 Å². The van der Waals surface area contributed by atoms with Gasteiger partial charge in [-0.3, -0.25) is 4.79 Å². The van der Waals surface area contributed by atoms with Crippen LogP contribution in [0.25, 0.3) is 0 Å². The molecule has 0 fully saturated rings. The van der Waals surface area contributed by atoms with Crippen molar-refractivity contribution in [3.05, 3.63) is 0 Å². The molecule has 0 amide bonds. The molecule has 0 aromatic heterocycles. The van der Waals surface area contributed by atoms with Crippen molar-refractivity contribution in [2.75, 3.05) is 20.3 Å². The molecule has 0 bridgehead atoms. The maximum atomic E-state index is 12.4. The summed E-state index contributed by atoms with van der Waals surface area (Å²) in [5.74, 6) is -2.23. The summed E-state index contributed by atoms with van der Waals surface area (Å²) < 4.78 is 290. The minimum Gasteiger partial charge on any atom is -0.463 e. The van der Waals surface area contributed by atoms with Crippen LogP contribution in [0.4, 0.5) is 0 Å². The molecule has 0 aliphatic heterocycles. The Bertz CT molecular complexity index is 1520. The van der Waals surface area contributed by atoms with Crippen molar-refractivity contribution >= 4 is 5.97 Å². The van der Waals surface area contributed by atoms with Gasteiger partial charge in [0.1, 0.15) is 6.61 Å². The second-order valence-corrected chi connectivity index (χ2v) is 3.13. The summed E-state index contributed by atoms with van der Waals surface area (Å²) in [6, 6.07) is 0. The minimum absolute atomic E-state index is 0.430. The van der Waals surface area contributed by atoms with E-state index in [9.17, 15) is 4.79 Å². The first-order valence-electron chi connectivity index (χ1n) is 23.6. The average molecular weight is 378 g/mol. The molecule has 0 spiro atoms. The summed E-state index contributed by atoms with van der Waals surface area (Å²) in [6.45, 7) is -5.37. The highest BCUT2D eigenvalue weighted by Gasteiger charge is 2.02. The molecule has 0 aliphatic rings. The van der Waals surface area contributed by atoms with Gasteiger partial charge in [-0.2, -0.15) is 0 Å². The van der Waals surface area contributed by atoms with Gasteiger partial charge >= 0.3 is 5.97 Å². The van der Waals surface area contributed by atoms with E-state index in [1.165, 1.54) is 0 Å². The van der Waals surface area contributed by atoms with E-state index in [0.717, 1.165) is 7.11 Å². The lowest BCUT2D eigenvalue weighted by molar-refractivity contribution is -0.145. The van der Waals surface area contributed by atoms with Crippen molar-refractivity contribution in [1.82, 2.24) is 0 Å². The van der Waals surface area contributed by atoms with Crippen LogP contribution in [-0.2, 0) is 14.3 Å². The summed E-state index contributed by atoms with van der Waals surface area (Å²) >= 11 is 0. The molecule has 0 aromatic carbocycles. The van der Waals surface area contributed by atoms with Gasteiger partial charge in [0.2, 0.25) is 0 Å². The van der Waals surface area contributed by atoms with Gasteiger partial charge < -0.3 is 9.47 Å². The summed E-state index contributed by atoms with van der Waals surface area (Å²) in [6.07, 6.45) is -79.4. The maximum absolute atomic E-state index is 12.4. The van der Waals surface area contributed by atoms with E-state index in [1.807, 2.05) is 0 Å². The predicted octanol–water partition coefficient (Wildman–Crippen LogP) is 6.44. The van der Waals surface area contributed by atoms with E-state index < -0.39 is 128 Å². The second-order valence-electron chi connectivity index (χ2n) is 3.13. The Labute approximate surface area is 200 Å². The molecule has 0 aliphatic carbocycles. The zero-order valence-corrected chi connectivity index (χ0v) is 12.6. The van der Waals surface area contributed by atoms with E-state index in [2.05, 4.69) is 9.47 Å². The molecule has 3 nitrogen and oxygen atoms in total. The van der Waals surface area contributed by atoms with Crippen LogP contribution in [0.5, 0.6) is 0 Å². The van der Waals surface area contributed by atoms with E-state index in [-0.39, 0.29) is 0 Å². The number of hydrogen-bond acceptors (Lipinski definition) is 3. The van der Waals surface area contributed by atoms with E-state index in [1.54, 1.807) is 0 Å². The Morgan fingerprint density at radius 1 is 0.750 bits per heavy atom. The van der Waals surface area contributed by atoms with Gasteiger partial charge in [-0.25, -0.2) is 0 Å². The summed E-state index contributed by atoms with van der Waals surface area (Å²) in [7, 11) is 1.08. The average Bonchev–Trinajstić information content (AvgIpc) is 3.02. The fourth-order valence-corrected chi connectivity index (χ4v) is 0.742. The lowest BCUT2D eigenvalue weighted by Crippen LogP contribution is -2.09. The SMILES string of the molecule is [2H]C([2H])([2H])C([2H])([2H])C([2H])([2H])C([2H])([2H])C([2H])([2H])C([2H])([2H])C([2H])([2H])C([2H])([2H])C([2H])([2H])C([2H])([2H])C([2H])([2H])C([2H])([2H])C([2H])([2H])C([2H])([2H])C([2H])([2H])C([2H])([2H])C([2H])([2H])C(=O)OCCOC. The number of carbonyl (C=O) groups excluding carboxylic acids is 1. The summed E-state index contributed by atoms with van der Waals surface area (Å²) in [4.78, 5) is 12.4. The van der Waals surface area contributed by atoms with Crippen LogP contribution in [0.15, 0.2) is 0 Å². The highest BCUT2D eigenvalue weighted by atomic mass is 16.6. The van der Waals surface area contributed by atoms with Crippen LogP contribution < -0.4 is 0 Å². The van der Waals surface area contributed by atoms with Crippen LogP contribution in [0, 0.1) is 0 Å². The maximum Gasteiger partial charge on any atom is 0.305 e. The number of rotatable bonds is 19. The fourth-order valence-electron chi connectivity index (χ4n) is 0.742. The number of ether oxygens (including phenoxy) is 2. The molecular formula is C21H42O3. The predicted molar refractivity (Wildman–Crippen MR) is 102 cm³/mol. The number of esters is 1. The largest absolute Gasteiger partial charge is 0.463 e. The van der Waals surface area contributed by atoms with Gasteiger partial charge in [-0.1, -0.05) is 96.1 Å². The van der Waals surface area contributed by atoms with Crippen LogP contribution in [0.1, 0.15) is 157 Å². The fraction of sp³-hybridized carbons (Fsp3) is 0.952. The van der Waals surface area contributed by atoms with E-state index in [0.29, 0.717) is 0 Å². The molecule has 144 valence electrons. The quantitative estimate of drug-likeness (QED) is 0.192. The minimum atomic E-state index is -5.25. The highest BCUT2D eigenvalue weighted by Crippen LogP contribution is 2.13. The van der Waals surface area contributed by atoms with Crippen molar-refractivity contribution in [3.8, 4) is 0 Å². The molecular weight excluding hydrogens is 300 g/mol. The van der Waals surface area contributed by atoms with Gasteiger partial charge in [0, 0.05) is 61.5 Å². The third-order valence-corrected chi connectivity index (χ3v) is 1.56. The third-order valence-electron chi connectivity index (χ3n) is 1.56. The van der Waals surface area contributed by atoms with Gasteiger partial charge in [0.15, 0.2) is 0 Å². The molecule has 24 heavy (non-hydrogen) atoms. The molecule has 0 atom stereocenters. The number of hydrogen-bond donors (Lipinski definition) is 0. The van der Waals surface area contributed by atoms with Crippen molar-refractivity contribution < 1.29 is 62.2 Å². The summed E-state index contributed by atoms with van der Waals surface area (Å²) in [5.41, 5.74) is 0.